The Bertz CT molecular complexity index is 553. The fraction of sp³-hybridized carbons (Fsp3) is 0.231. The number of aryl methyl sites for hydroxylation is 2. The van der Waals surface area contributed by atoms with Crippen LogP contribution in [0.1, 0.15) is 17.1 Å². The number of anilines is 1. The van der Waals surface area contributed by atoms with Crippen molar-refractivity contribution in [3.63, 3.8) is 0 Å². The Kier molecular flexibility index (Phi) is 4.04. The summed E-state index contributed by atoms with van der Waals surface area (Å²) in [6.07, 6.45) is 0.889. The number of aromatic nitrogens is 1. The number of carbonyl (C=O) groups excluding carboxylic acids is 1. The summed E-state index contributed by atoms with van der Waals surface area (Å²) in [6, 6.07) is 6.13. The molecule has 0 fully saturated rings. The molecule has 1 N–H and O–H groups in total. The lowest BCUT2D eigenvalue weighted by Gasteiger charge is -2.05. The summed E-state index contributed by atoms with van der Waals surface area (Å²) in [5.41, 5.74) is 1.18. The van der Waals surface area contributed by atoms with Crippen molar-refractivity contribution >= 4 is 22.9 Å². The van der Waals surface area contributed by atoms with Crippen LogP contribution in [0.3, 0.4) is 0 Å². The van der Waals surface area contributed by atoms with Crippen molar-refractivity contribution in [3.05, 3.63) is 46.2 Å². The molecule has 0 aliphatic carbocycles. The average Bonchev–Trinajstić information content (AvgIpc) is 2.76. The van der Waals surface area contributed by atoms with Gasteiger partial charge in [0.1, 0.15) is 5.82 Å². The molecule has 0 aliphatic heterocycles. The zero-order chi connectivity index (χ0) is 13.0. The molecule has 2 rings (SSSR count). The van der Waals surface area contributed by atoms with Crippen molar-refractivity contribution in [1.82, 2.24) is 4.98 Å². The van der Waals surface area contributed by atoms with Gasteiger partial charge in [0.05, 0.1) is 10.7 Å². The normalized spacial score (nSPS) is 10.3. The Balaban J connectivity index is 1.88. The Morgan fingerprint density at radius 2 is 2.22 bits per heavy atom. The van der Waals surface area contributed by atoms with E-state index >= 15 is 0 Å². The molecule has 1 amide bonds. The Labute approximate surface area is 109 Å². The number of nitrogens with zero attached hydrogens (tertiary/aromatic N) is 1. The van der Waals surface area contributed by atoms with Gasteiger partial charge in [-0.15, -0.1) is 11.3 Å². The summed E-state index contributed by atoms with van der Waals surface area (Å²) in [7, 11) is 0. The van der Waals surface area contributed by atoms with Gasteiger partial charge < -0.3 is 5.32 Å². The Morgan fingerprint density at radius 1 is 1.44 bits per heavy atom. The first-order valence-corrected chi connectivity index (χ1v) is 6.48. The maximum absolute atomic E-state index is 13.3. The van der Waals surface area contributed by atoms with Gasteiger partial charge in [0.2, 0.25) is 5.91 Å². The van der Waals surface area contributed by atoms with E-state index < -0.39 is 5.82 Å². The monoisotopic (exact) mass is 264 g/mol. The fourth-order valence-corrected chi connectivity index (χ4v) is 2.29. The molecule has 0 unspecified atom stereocenters. The van der Waals surface area contributed by atoms with Crippen molar-refractivity contribution in [2.75, 3.05) is 5.32 Å². The zero-order valence-corrected chi connectivity index (χ0v) is 10.8. The Morgan fingerprint density at radius 3 is 2.89 bits per heavy atom. The summed E-state index contributed by atoms with van der Waals surface area (Å²) >= 11 is 1.54. The summed E-state index contributed by atoms with van der Waals surface area (Å²) in [4.78, 5) is 15.9. The largest absolute Gasteiger partial charge is 0.324 e. The summed E-state index contributed by atoms with van der Waals surface area (Å²) in [5, 5.41) is 5.43. The summed E-state index contributed by atoms with van der Waals surface area (Å²) in [6.45, 7) is 1.92. The van der Waals surface area contributed by atoms with E-state index in [1.54, 1.807) is 18.2 Å². The number of rotatable bonds is 4. The molecule has 3 nitrogen and oxygen atoms in total. The van der Waals surface area contributed by atoms with E-state index in [0.717, 1.165) is 10.7 Å². The molecule has 0 radical (unpaired) electrons. The Hall–Kier alpha value is -1.75. The molecule has 1 heterocycles. The van der Waals surface area contributed by atoms with Crippen molar-refractivity contribution in [2.24, 2.45) is 0 Å². The van der Waals surface area contributed by atoms with Gasteiger partial charge in [-0.2, -0.15) is 0 Å². The van der Waals surface area contributed by atoms with Crippen molar-refractivity contribution in [1.29, 1.82) is 0 Å². The maximum atomic E-state index is 13.3. The van der Waals surface area contributed by atoms with E-state index in [2.05, 4.69) is 10.3 Å². The van der Waals surface area contributed by atoms with Gasteiger partial charge in [-0.1, -0.05) is 12.1 Å². The molecule has 0 saturated heterocycles. The number of halogens is 1. The standard InChI is InChI=1S/C13H13FN2OS/c1-9-8-18-13(15-9)7-6-12(17)16-11-5-3-2-4-10(11)14/h2-5,8H,6-7H2,1H3,(H,16,17). The number of hydrogen-bond acceptors (Lipinski definition) is 3. The van der Waals surface area contributed by atoms with Gasteiger partial charge in [-0.3, -0.25) is 4.79 Å². The van der Waals surface area contributed by atoms with Gasteiger partial charge in [0.25, 0.3) is 0 Å². The van der Waals surface area contributed by atoms with Gasteiger partial charge >= 0.3 is 0 Å². The number of thiazole rings is 1. The van der Waals surface area contributed by atoms with E-state index in [4.69, 9.17) is 0 Å². The van der Waals surface area contributed by atoms with Crippen LogP contribution in [0.25, 0.3) is 0 Å². The molecule has 0 atom stereocenters. The van der Waals surface area contributed by atoms with Crippen molar-refractivity contribution in [3.8, 4) is 0 Å². The molecule has 1 aromatic carbocycles. The predicted octanol–water partition coefficient (Wildman–Crippen LogP) is 3.16. The molecule has 0 aliphatic rings. The molecule has 0 bridgehead atoms. The predicted molar refractivity (Wildman–Crippen MR) is 70.2 cm³/mol. The first-order chi connectivity index (χ1) is 8.65. The lowest BCUT2D eigenvalue weighted by atomic mass is 10.2. The lowest BCUT2D eigenvalue weighted by molar-refractivity contribution is -0.116. The first-order valence-electron chi connectivity index (χ1n) is 5.60. The van der Waals surface area contributed by atoms with Crippen LogP contribution in [-0.2, 0) is 11.2 Å². The third-order valence-electron chi connectivity index (χ3n) is 2.38. The number of benzene rings is 1. The number of para-hydroxylation sites is 1. The fourth-order valence-electron chi connectivity index (χ4n) is 1.51. The second-order valence-corrected chi connectivity index (χ2v) is 4.85. The lowest BCUT2D eigenvalue weighted by Crippen LogP contribution is -2.13. The van der Waals surface area contributed by atoms with Gasteiger partial charge in [0, 0.05) is 23.9 Å². The first kappa shape index (κ1) is 12.7. The van der Waals surface area contributed by atoms with Crippen LogP contribution < -0.4 is 5.32 Å². The molecule has 18 heavy (non-hydrogen) atoms. The zero-order valence-electron chi connectivity index (χ0n) is 9.94. The van der Waals surface area contributed by atoms with E-state index in [9.17, 15) is 9.18 Å². The molecule has 1 aromatic heterocycles. The molecular formula is C13H13FN2OS. The van der Waals surface area contributed by atoms with Crippen LogP contribution >= 0.6 is 11.3 Å². The van der Waals surface area contributed by atoms with Gasteiger partial charge in [0.15, 0.2) is 0 Å². The minimum Gasteiger partial charge on any atom is -0.324 e. The number of nitrogens with one attached hydrogen (secondary N) is 1. The SMILES string of the molecule is Cc1csc(CCC(=O)Nc2ccccc2F)n1. The summed E-state index contributed by atoms with van der Waals surface area (Å²) in [5.74, 6) is -0.621. The number of hydrogen-bond donors (Lipinski definition) is 1. The quantitative estimate of drug-likeness (QED) is 0.921. The molecule has 5 heteroatoms. The molecule has 94 valence electrons. The molecule has 0 saturated carbocycles. The summed E-state index contributed by atoms with van der Waals surface area (Å²) < 4.78 is 13.3. The van der Waals surface area contributed by atoms with Crippen LogP contribution in [0.15, 0.2) is 29.6 Å². The van der Waals surface area contributed by atoms with Crippen molar-refractivity contribution < 1.29 is 9.18 Å². The second-order valence-electron chi connectivity index (χ2n) is 3.91. The highest BCUT2D eigenvalue weighted by molar-refractivity contribution is 7.09. The van der Waals surface area contributed by atoms with Crippen LogP contribution in [0.4, 0.5) is 10.1 Å². The van der Waals surface area contributed by atoms with Gasteiger partial charge in [-0.05, 0) is 19.1 Å². The maximum Gasteiger partial charge on any atom is 0.224 e. The molecular weight excluding hydrogens is 251 g/mol. The van der Waals surface area contributed by atoms with Gasteiger partial charge in [-0.25, -0.2) is 9.37 Å². The van der Waals surface area contributed by atoms with E-state index in [0.29, 0.717) is 12.8 Å². The van der Waals surface area contributed by atoms with Crippen LogP contribution in [-0.4, -0.2) is 10.9 Å². The molecule has 2 aromatic rings. The highest BCUT2D eigenvalue weighted by Gasteiger charge is 2.07. The third-order valence-corrected chi connectivity index (χ3v) is 3.41. The van der Waals surface area contributed by atoms with Crippen LogP contribution in [0.5, 0.6) is 0 Å². The van der Waals surface area contributed by atoms with E-state index in [1.807, 2.05) is 12.3 Å². The third kappa shape index (κ3) is 3.37. The molecule has 0 spiro atoms. The van der Waals surface area contributed by atoms with Crippen molar-refractivity contribution in [2.45, 2.75) is 19.8 Å². The van der Waals surface area contributed by atoms with Crippen LogP contribution in [0, 0.1) is 12.7 Å². The smallest absolute Gasteiger partial charge is 0.224 e. The highest BCUT2D eigenvalue weighted by Crippen LogP contribution is 2.14. The van der Waals surface area contributed by atoms with E-state index in [-0.39, 0.29) is 11.6 Å². The average molecular weight is 264 g/mol. The number of amides is 1. The number of carbonyl (C=O) groups is 1. The second kappa shape index (κ2) is 5.73. The van der Waals surface area contributed by atoms with Crippen LogP contribution in [0.2, 0.25) is 0 Å². The minimum atomic E-state index is -0.420. The topological polar surface area (TPSA) is 42.0 Å². The highest BCUT2D eigenvalue weighted by atomic mass is 32.1. The van der Waals surface area contributed by atoms with E-state index in [1.165, 1.54) is 17.4 Å². The minimum absolute atomic E-state index is 0.201.